The van der Waals surface area contributed by atoms with E-state index in [0.717, 1.165) is 66.2 Å². The lowest BCUT2D eigenvalue weighted by molar-refractivity contribution is 0.0951. The van der Waals surface area contributed by atoms with Crippen molar-refractivity contribution in [1.29, 1.82) is 0 Å². The zero-order chi connectivity index (χ0) is 22.6. The van der Waals surface area contributed by atoms with Crippen LogP contribution in [0.4, 0.5) is 5.82 Å². The summed E-state index contributed by atoms with van der Waals surface area (Å²) in [5, 5.41) is 6.48. The van der Waals surface area contributed by atoms with Crippen molar-refractivity contribution < 1.29 is 4.79 Å². The normalized spacial score (nSPS) is 13.2. The Labute approximate surface area is 193 Å². The first-order valence-corrected chi connectivity index (χ1v) is 11.5. The molecule has 2 aromatic heterocycles. The zero-order valence-corrected chi connectivity index (χ0v) is 18.5. The first-order valence-electron chi connectivity index (χ1n) is 11.5. The molecule has 0 unspecified atom stereocenters. The quantitative estimate of drug-likeness (QED) is 0.340. The summed E-state index contributed by atoms with van der Waals surface area (Å²) >= 11 is 0. The lowest BCUT2D eigenvalue weighted by Gasteiger charge is -2.11. The van der Waals surface area contributed by atoms with Gasteiger partial charge in [-0.25, -0.2) is 9.97 Å². The summed E-state index contributed by atoms with van der Waals surface area (Å²) in [6, 6.07) is 18.2. The van der Waals surface area contributed by atoms with Crippen LogP contribution in [0.25, 0.3) is 28.2 Å². The number of benzene rings is 2. The summed E-state index contributed by atoms with van der Waals surface area (Å²) in [7, 11) is 0. The number of unbranched alkanes of at least 4 members (excludes halogenated alkanes) is 1. The number of carbonyl (C=O) groups excluding carboxylic acids is 1. The molecule has 2 heterocycles. The number of nitrogens with one attached hydrogen (secondary N) is 2. The molecule has 1 fully saturated rings. The molecule has 168 valence electrons. The molecule has 1 aliphatic rings. The minimum Gasteiger partial charge on any atom is -0.367 e. The van der Waals surface area contributed by atoms with E-state index in [0.29, 0.717) is 18.2 Å². The van der Waals surface area contributed by atoms with Gasteiger partial charge in [-0.2, -0.15) is 0 Å². The second kappa shape index (κ2) is 9.42. The van der Waals surface area contributed by atoms with Crippen LogP contribution in [0, 0.1) is 0 Å². The molecule has 0 saturated heterocycles. The highest BCUT2D eigenvalue weighted by atomic mass is 16.1. The van der Waals surface area contributed by atoms with Crippen LogP contribution >= 0.6 is 0 Å². The summed E-state index contributed by atoms with van der Waals surface area (Å²) in [6.45, 7) is 1.46. The third-order valence-electron chi connectivity index (χ3n) is 5.84. The molecule has 33 heavy (non-hydrogen) atoms. The number of amides is 1. The molecule has 7 heteroatoms. The molecule has 1 amide bonds. The molecule has 4 aromatic rings. The van der Waals surface area contributed by atoms with E-state index in [1.165, 1.54) is 0 Å². The Hall–Kier alpha value is -3.71. The van der Waals surface area contributed by atoms with Gasteiger partial charge < -0.3 is 16.4 Å². The molecule has 0 radical (unpaired) electrons. The average Bonchev–Trinajstić information content (AvgIpc) is 3.57. The van der Waals surface area contributed by atoms with E-state index in [1.807, 2.05) is 54.9 Å². The smallest absolute Gasteiger partial charge is 0.251 e. The molecular weight excluding hydrogens is 412 g/mol. The molecule has 0 atom stereocenters. The van der Waals surface area contributed by atoms with Gasteiger partial charge >= 0.3 is 0 Å². The SMILES string of the molecule is NCCCCNc1nc(-c2ccccc2)cn2c(-c3ccc(C(=O)NC4CC4)cc3)cnc12. The summed E-state index contributed by atoms with van der Waals surface area (Å²) in [4.78, 5) is 21.9. The Bertz CT molecular complexity index is 1250. The number of hydrogen-bond donors (Lipinski definition) is 3. The van der Waals surface area contributed by atoms with Crippen LogP contribution in [0.1, 0.15) is 36.0 Å². The van der Waals surface area contributed by atoms with Crippen LogP contribution in [0.3, 0.4) is 0 Å². The molecule has 7 nitrogen and oxygen atoms in total. The number of carbonyl (C=O) groups is 1. The molecule has 0 aliphatic heterocycles. The van der Waals surface area contributed by atoms with Crippen molar-refractivity contribution in [1.82, 2.24) is 19.7 Å². The van der Waals surface area contributed by atoms with E-state index in [9.17, 15) is 4.79 Å². The first kappa shape index (κ1) is 21.2. The summed E-state index contributed by atoms with van der Waals surface area (Å²) in [5.74, 6) is 0.738. The van der Waals surface area contributed by atoms with E-state index in [1.54, 1.807) is 0 Å². The van der Waals surface area contributed by atoms with E-state index in [-0.39, 0.29) is 5.91 Å². The van der Waals surface area contributed by atoms with Crippen molar-refractivity contribution >= 4 is 17.4 Å². The van der Waals surface area contributed by atoms with Gasteiger partial charge in [0, 0.05) is 35.5 Å². The minimum atomic E-state index is -0.0123. The van der Waals surface area contributed by atoms with Crippen LogP contribution in [0.2, 0.25) is 0 Å². The van der Waals surface area contributed by atoms with Crippen molar-refractivity contribution in [2.24, 2.45) is 5.73 Å². The van der Waals surface area contributed by atoms with Gasteiger partial charge in [0.15, 0.2) is 11.5 Å². The molecule has 0 spiro atoms. The van der Waals surface area contributed by atoms with E-state index >= 15 is 0 Å². The zero-order valence-electron chi connectivity index (χ0n) is 18.5. The van der Waals surface area contributed by atoms with Gasteiger partial charge in [-0.3, -0.25) is 9.20 Å². The van der Waals surface area contributed by atoms with Crippen molar-refractivity contribution in [3.63, 3.8) is 0 Å². The fraction of sp³-hybridized carbons (Fsp3) is 0.269. The Balaban J connectivity index is 1.50. The van der Waals surface area contributed by atoms with Crippen LogP contribution in [-0.4, -0.2) is 39.4 Å². The molecule has 1 aliphatic carbocycles. The van der Waals surface area contributed by atoms with Crippen molar-refractivity contribution in [3.8, 4) is 22.5 Å². The third-order valence-corrected chi connectivity index (χ3v) is 5.84. The number of hydrogen-bond acceptors (Lipinski definition) is 5. The summed E-state index contributed by atoms with van der Waals surface area (Å²) in [6.07, 6.45) is 7.96. The molecular formula is C26H28N6O. The molecule has 2 aromatic carbocycles. The number of imidazole rings is 1. The number of fused-ring (bicyclic) bond motifs is 1. The second-order valence-corrected chi connectivity index (χ2v) is 8.43. The van der Waals surface area contributed by atoms with Crippen molar-refractivity contribution in [2.45, 2.75) is 31.7 Å². The van der Waals surface area contributed by atoms with Crippen molar-refractivity contribution in [2.75, 3.05) is 18.4 Å². The maximum Gasteiger partial charge on any atom is 0.251 e. The number of nitrogens with zero attached hydrogens (tertiary/aromatic N) is 3. The van der Waals surface area contributed by atoms with E-state index in [4.69, 9.17) is 10.7 Å². The van der Waals surface area contributed by atoms with Crippen LogP contribution < -0.4 is 16.4 Å². The van der Waals surface area contributed by atoms with Gasteiger partial charge in [0.25, 0.3) is 5.91 Å². The monoisotopic (exact) mass is 440 g/mol. The van der Waals surface area contributed by atoms with Crippen LogP contribution in [0.5, 0.6) is 0 Å². The van der Waals surface area contributed by atoms with E-state index < -0.39 is 0 Å². The maximum absolute atomic E-state index is 12.3. The third kappa shape index (κ3) is 4.73. The Morgan fingerprint density at radius 3 is 2.55 bits per heavy atom. The molecule has 1 saturated carbocycles. The number of rotatable bonds is 9. The van der Waals surface area contributed by atoms with Gasteiger partial charge in [-0.15, -0.1) is 0 Å². The minimum absolute atomic E-state index is 0.0123. The predicted octanol–water partition coefficient (Wildman–Crippen LogP) is 4.11. The summed E-state index contributed by atoms with van der Waals surface area (Å²) in [5.41, 5.74) is 10.9. The Morgan fingerprint density at radius 2 is 1.82 bits per heavy atom. The highest BCUT2D eigenvalue weighted by molar-refractivity contribution is 5.95. The van der Waals surface area contributed by atoms with Gasteiger partial charge in [-0.1, -0.05) is 42.5 Å². The highest BCUT2D eigenvalue weighted by Crippen LogP contribution is 2.28. The lowest BCUT2D eigenvalue weighted by atomic mass is 10.1. The number of nitrogens with two attached hydrogens (primary N) is 1. The van der Waals surface area contributed by atoms with Crippen LogP contribution in [-0.2, 0) is 0 Å². The van der Waals surface area contributed by atoms with Crippen LogP contribution in [0.15, 0.2) is 67.0 Å². The van der Waals surface area contributed by atoms with Gasteiger partial charge in [-0.05, 0) is 44.4 Å². The number of anilines is 1. The molecule has 5 rings (SSSR count). The fourth-order valence-electron chi connectivity index (χ4n) is 3.83. The van der Waals surface area contributed by atoms with Gasteiger partial charge in [0.2, 0.25) is 0 Å². The summed E-state index contributed by atoms with van der Waals surface area (Å²) < 4.78 is 2.07. The highest BCUT2D eigenvalue weighted by Gasteiger charge is 2.23. The lowest BCUT2D eigenvalue weighted by Crippen LogP contribution is -2.25. The molecule has 0 bridgehead atoms. The standard InChI is InChI=1S/C26H28N6O/c27-14-4-5-15-28-24-25-29-16-23(32(25)17-22(31-24)18-6-2-1-3-7-18)19-8-10-20(11-9-19)26(33)30-21-12-13-21/h1-3,6-11,16-17,21H,4-5,12-15,27H2,(H,28,31)(H,30,33). The fourth-order valence-corrected chi connectivity index (χ4v) is 3.83. The van der Waals surface area contributed by atoms with E-state index in [2.05, 4.69) is 32.2 Å². The number of aromatic nitrogens is 3. The van der Waals surface area contributed by atoms with Gasteiger partial charge in [0.1, 0.15) is 0 Å². The first-order chi connectivity index (χ1) is 16.2. The second-order valence-electron chi connectivity index (χ2n) is 8.43. The average molecular weight is 441 g/mol. The maximum atomic E-state index is 12.3. The predicted molar refractivity (Wildman–Crippen MR) is 131 cm³/mol. The molecule has 4 N–H and O–H groups in total. The Kier molecular flexibility index (Phi) is 6.04. The van der Waals surface area contributed by atoms with Gasteiger partial charge in [0.05, 0.1) is 17.6 Å². The topological polar surface area (TPSA) is 97.3 Å². The van der Waals surface area contributed by atoms with Crippen molar-refractivity contribution in [3.05, 3.63) is 72.6 Å². The largest absolute Gasteiger partial charge is 0.367 e. The Morgan fingerprint density at radius 1 is 1.03 bits per heavy atom.